The van der Waals surface area contributed by atoms with E-state index in [9.17, 15) is 0 Å². The van der Waals surface area contributed by atoms with Crippen molar-refractivity contribution >= 4 is 0 Å². The third-order valence-corrected chi connectivity index (χ3v) is 5.13. The number of nitrogens with zero attached hydrogens (tertiary/aromatic N) is 1. The highest BCUT2D eigenvalue weighted by atomic mass is 15.2. The van der Waals surface area contributed by atoms with Gasteiger partial charge in [-0.1, -0.05) is 33.1 Å². The van der Waals surface area contributed by atoms with Gasteiger partial charge in [0.1, 0.15) is 0 Å². The van der Waals surface area contributed by atoms with Crippen molar-refractivity contribution in [3.8, 4) is 0 Å². The summed E-state index contributed by atoms with van der Waals surface area (Å²) < 4.78 is 0. The smallest absolute Gasteiger partial charge is 0.0246 e. The Hall–Kier alpha value is -0.0800. The fraction of sp³-hybridized carbons (Fsp3) is 1.00. The average molecular weight is 238 g/mol. The van der Waals surface area contributed by atoms with Gasteiger partial charge in [0.05, 0.1) is 0 Å². The summed E-state index contributed by atoms with van der Waals surface area (Å²) in [6, 6.07) is 0.675. The van der Waals surface area contributed by atoms with Crippen LogP contribution in [0.25, 0.3) is 0 Å². The van der Waals surface area contributed by atoms with Crippen LogP contribution < -0.4 is 5.73 Å². The maximum absolute atomic E-state index is 6.07. The van der Waals surface area contributed by atoms with Gasteiger partial charge in [-0.3, -0.25) is 4.90 Å². The van der Waals surface area contributed by atoms with Crippen molar-refractivity contribution in [3.63, 3.8) is 0 Å². The molecule has 2 rings (SSSR count). The van der Waals surface area contributed by atoms with E-state index in [-0.39, 0.29) is 0 Å². The van der Waals surface area contributed by atoms with Crippen LogP contribution in [-0.4, -0.2) is 30.6 Å². The van der Waals surface area contributed by atoms with Crippen LogP contribution in [-0.2, 0) is 0 Å². The van der Waals surface area contributed by atoms with Crippen molar-refractivity contribution in [1.29, 1.82) is 0 Å². The molecule has 0 aromatic carbocycles. The second-order valence-electron chi connectivity index (χ2n) is 6.39. The number of hydrogen-bond donors (Lipinski definition) is 1. The molecule has 0 aromatic heterocycles. The Balaban J connectivity index is 1.91. The molecule has 0 spiro atoms. The first kappa shape index (κ1) is 13.4. The van der Waals surface area contributed by atoms with Gasteiger partial charge < -0.3 is 5.73 Å². The number of likely N-dealkylation sites (tertiary alicyclic amines) is 1. The predicted molar refractivity (Wildman–Crippen MR) is 73.9 cm³/mol. The van der Waals surface area contributed by atoms with Crippen LogP contribution in [0.1, 0.15) is 52.4 Å². The molecule has 4 atom stereocenters. The summed E-state index contributed by atoms with van der Waals surface area (Å²) in [5.74, 6) is 2.73. The minimum absolute atomic E-state index is 0.675. The van der Waals surface area contributed by atoms with Crippen LogP contribution in [0.15, 0.2) is 0 Å². The van der Waals surface area contributed by atoms with Crippen molar-refractivity contribution in [2.24, 2.45) is 23.5 Å². The molecule has 0 amide bonds. The first-order chi connectivity index (χ1) is 8.24. The Morgan fingerprint density at radius 1 is 1.29 bits per heavy atom. The fourth-order valence-electron chi connectivity index (χ4n) is 3.97. The van der Waals surface area contributed by atoms with E-state index in [1.54, 1.807) is 0 Å². The highest BCUT2D eigenvalue weighted by molar-refractivity contribution is 4.88. The molecule has 2 heteroatoms. The van der Waals surface area contributed by atoms with Crippen molar-refractivity contribution in [2.75, 3.05) is 19.6 Å². The summed E-state index contributed by atoms with van der Waals surface area (Å²) in [5, 5.41) is 0. The molecule has 17 heavy (non-hydrogen) atoms. The van der Waals surface area contributed by atoms with Crippen molar-refractivity contribution < 1.29 is 0 Å². The normalized spacial score (nSPS) is 37.2. The van der Waals surface area contributed by atoms with E-state index in [1.807, 2.05) is 0 Å². The Labute approximate surface area is 107 Å². The zero-order chi connectivity index (χ0) is 12.3. The van der Waals surface area contributed by atoms with Crippen LogP contribution in [0.3, 0.4) is 0 Å². The predicted octanol–water partition coefficient (Wildman–Crippen LogP) is 2.87. The summed E-state index contributed by atoms with van der Waals surface area (Å²) >= 11 is 0. The molecule has 100 valence electrons. The van der Waals surface area contributed by atoms with Gasteiger partial charge in [-0.25, -0.2) is 0 Å². The largest absolute Gasteiger partial charge is 0.329 e. The molecule has 1 heterocycles. The van der Waals surface area contributed by atoms with Crippen LogP contribution in [0.4, 0.5) is 0 Å². The second kappa shape index (κ2) is 6.19. The SMILES string of the molecule is CCC1CCN(C(CN)C2CCCC(C)C2)C1. The molecule has 1 aliphatic carbocycles. The van der Waals surface area contributed by atoms with Gasteiger partial charge in [0, 0.05) is 19.1 Å². The van der Waals surface area contributed by atoms with Crippen LogP contribution in [0.5, 0.6) is 0 Å². The quantitative estimate of drug-likeness (QED) is 0.816. The van der Waals surface area contributed by atoms with E-state index in [2.05, 4.69) is 18.7 Å². The Morgan fingerprint density at radius 3 is 2.71 bits per heavy atom. The lowest BCUT2D eigenvalue weighted by molar-refractivity contribution is 0.126. The van der Waals surface area contributed by atoms with Gasteiger partial charge in [0.15, 0.2) is 0 Å². The number of nitrogens with two attached hydrogens (primary N) is 1. The van der Waals surface area contributed by atoms with Gasteiger partial charge in [-0.2, -0.15) is 0 Å². The third-order valence-electron chi connectivity index (χ3n) is 5.13. The Morgan fingerprint density at radius 2 is 2.12 bits per heavy atom. The van der Waals surface area contributed by atoms with E-state index in [0.29, 0.717) is 6.04 Å². The molecule has 2 N–H and O–H groups in total. The highest BCUT2D eigenvalue weighted by Gasteiger charge is 2.33. The van der Waals surface area contributed by atoms with Crippen LogP contribution >= 0.6 is 0 Å². The average Bonchev–Trinajstić information content (AvgIpc) is 2.79. The van der Waals surface area contributed by atoms with E-state index in [1.165, 1.54) is 51.6 Å². The van der Waals surface area contributed by atoms with Gasteiger partial charge >= 0.3 is 0 Å². The van der Waals surface area contributed by atoms with Crippen LogP contribution in [0, 0.1) is 17.8 Å². The highest BCUT2D eigenvalue weighted by Crippen LogP contribution is 2.34. The standard InChI is InChI=1S/C15H30N2/c1-3-13-7-8-17(11-13)15(10-16)14-6-4-5-12(2)9-14/h12-15H,3-11,16H2,1-2H3. The number of rotatable bonds is 4. The van der Waals surface area contributed by atoms with E-state index < -0.39 is 0 Å². The molecule has 0 radical (unpaired) electrons. The summed E-state index contributed by atoms with van der Waals surface area (Å²) in [6.07, 6.45) is 8.43. The van der Waals surface area contributed by atoms with E-state index in [0.717, 1.165) is 24.3 Å². The van der Waals surface area contributed by atoms with Gasteiger partial charge in [-0.05, 0) is 43.6 Å². The van der Waals surface area contributed by atoms with E-state index in [4.69, 9.17) is 5.73 Å². The first-order valence-corrected chi connectivity index (χ1v) is 7.68. The Bertz CT molecular complexity index is 229. The lowest BCUT2D eigenvalue weighted by Crippen LogP contribution is -2.45. The Kier molecular flexibility index (Phi) is 4.87. The summed E-state index contributed by atoms with van der Waals surface area (Å²) in [5.41, 5.74) is 6.07. The molecule has 1 saturated carbocycles. The van der Waals surface area contributed by atoms with Crippen molar-refractivity contribution in [3.05, 3.63) is 0 Å². The molecule has 1 saturated heterocycles. The minimum Gasteiger partial charge on any atom is -0.329 e. The lowest BCUT2D eigenvalue weighted by atomic mass is 9.78. The molecular weight excluding hydrogens is 208 g/mol. The zero-order valence-electron chi connectivity index (χ0n) is 11.7. The molecule has 4 unspecified atom stereocenters. The molecule has 2 fully saturated rings. The number of hydrogen-bond acceptors (Lipinski definition) is 2. The van der Waals surface area contributed by atoms with Crippen LogP contribution in [0.2, 0.25) is 0 Å². The second-order valence-corrected chi connectivity index (χ2v) is 6.39. The maximum Gasteiger partial charge on any atom is 0.0246 e. The molecule has 0 aromatic rings. The fourth-order valence-corrected chi connectivity index (χ4v) is 3.97. The first-order valence-electron chi connectivity index (χ1n) is 7.68. The summed E-state index contributed by atoms with van der Waals surface area (Å²) in [7, 11) is 0. The monoisotopic (exact) mass is 238 g/mol. The summed E-state index contributed by atoms with van der Waals surface area (Å²) in [6.45, 7) is 8.22. The molecule has 2 aliphatic rings. The summed E-state index contributed by atoms with van der Waals surface area (Å²) in [4.78, 5) is 2.71. The van der Waals surface area contributed by atoms with Gasteiger partial charge in [0.2, 0.25) is 0 Å². The van der Waals surface area contributed by atoms with Gasteiger partial charge in [-0.15, -0.1) is 0 Å². The maximum atomic E-state index is 6.07. The molecular formula is C15H30N2. The molecule has 1 aliphatic heterocycles. The topological polar surface area (TPSA) is 29.3 Å². The van der Waals surface area contributed by atoms with Crippen molar-refractivity contribution in [1.82, 2.24) is 4.90 Å². The van der Waals surface area contributed by atoms with Crippen molar-refractivity contribution in [2.45, 2.75) is 58.4 Å². The zero-order valence-corrected chi connectivity index (χ0v) is 11.7. The van der Waals surface area contributed by atoms with E-state index >= 15 is 0 Å². The molecule has 2 nitrogen and oxygen atoms in total. The third kappa shape index (κ3) is 3.23. The van der Waals surface area contributed by atoms with Gasteiger partial charge in [0.25, 0.3) is 0 Å². The molecule has 0 bridgehead atoms. The lowest BCUT2D eigenvalue weighted by Gasteiger charge is -2.38. The minimum atomic E-state index is 0.675.